The quantitative estimate of drug-likeness (QED) is 0.917. The lowest BCUT2D eigenvalue weighted by atomic mass is 9.94. The van der Waals surface area contributed by atoms with E-state index in [-0.39, 0.29) is 18.6 Å². The summed E-state index contributed by atoms with van der Waals surface area (Å²) in [5.41, 5.74) is 1.54. The number of aromatic nitrogens is 1. The van der Waals surface area contributed by atoms with Crippen LogP contribution in [0, 0.1) is 0 Å². The third-order valence-electron chi connectivity index (χ3n) is 4.50. The van der Waals surface area contributed by atoms with E-state index in [4.69, 9.17) is 9.63 Å². The van der Waals surface area contributed by atoms with Crippen LogP contribution in [0.4, 0.5) is 0 Å². The van der Waals surface area contributed by atoms with Crippen molar-refractivity contribution >= 4 is 5.91 Å². The van der Waals surface area contributed by atoms with Crippen LogP contribution in [0.5, 0.6) is 0 Å². The molecule has 0 saturated carbocycles. The molecule has 1 aliphatic carbocycles. The van der Waals surface area contributed by atoms with E-state index in [2.05, 4.69) is 5.16 Å². The Labute approximate surface area is 118 Å². The smallest absolute Gasteiger partial charge is 0.276 e. The van der Waals surface area contributed by atoms with Gasteiger partial charge in [-0.15, -0.1) is 0 Å². The van der Waals surface area contributed by atoms with Crippen LogP contribution < -0.4 is 0 Å². The highest BCUT2D eigenvalue weighted by Gasteiger charge is 2.32. The van der Waals surface area contributed by atoms with E-state index in [1.807, 2.05) is 4.90 Å². The summed E-state index contributed by atoms with van der Waals surface area (Å²) >= 11 is 0. The van der Waals surface area contributed by atoms with Crippen molar-refractivity contribution in [1.29, 1.82) is 0 Å². The van der Waals surface area contributed by atoms with Crippen LogP contribution in [0.3, 0.4) is 0 Å². The molecule has 1 unspecified atom stereocenters. The zero-order valence-corrected chi connectivity index (χ0v) is 11.8. The Kier molecular flexibility index (Phi) is 4.05. The average Bonchev–Trinajstić information content (AvgIpc) is 2.91. The molecule has 0 radical (unpaired) electrons. The van der Waals surface area contributed by atoms with E-state index in [1.165, 1.54) is 0 Å². The molecule has 2 heterocycles. The summed E-state index contributed by atoms with van der Waals surface area (Å²) in [6, 6.07) is 0.150. The van der Waals surface area contributed by atoms with Crippen molar-refractivity contribution in [1.82, 2.24) is 10.1 Å². The van der Waals surface area contributed by atoms with Gasteiger partial charge in [0.15, 0.2) is 5.69 Å². The topological polar surface area (TPSA) is 66.6 Å². The SMILES string of the molecule is O=C(c1noc2c1CCCC2)N1CCCCC1CCO. The fraction of sp³-hybridized carbons (Fsp3) is 0.733. The van der Waals surface area contributed by atoms with E-state index in [9.17, 15) is 4.79 Å². The minimum atomic E-state index is -0.00458. The van der Waals surface area contributed by atoms with E-state index in [0.29, 0.717) is 12.1 Å². The highest BCUT2D eigenvalue weighted by atomic mass is 16.5. The van der Waals surface area contributed by atoms with Gasteiger partial charge in [-0.3, -0.25) is 4.79 Å². The van der Waals surface area contributed by atoms with Crippen LogP contribution in [-0.4, -0.2) is 40.3 Å². The number of nitrogens with zero attached hydrogens (tertiary/aromatic N) is 2. The molecule has 1 saturated heterocycles. The number of aryl methyl sites for hydroxylation is 1. The van der Waals surface area contributed by atoms with Crippen molar-refractivity contribution in [3.05, 3.63) is 17.0 Å². The molecule has 3 rings (SSSR count). The van der Waals surface area contributed by atoms with Crippen molar-refractivity contribution in [3.8, 4) is 0 Å². The lowest BCUT2D eigenvalue weighted by Gasteiger charge is -2.35. The Bertz CT molecular complexity index is 481. The molecule has 5 heteroatoms. The molecule has 2 aliphatic rings. The molecule has 1 N–H and O–H groups in total. The highest BCUT2D eigenvalue weighted by Crippen LogP contribution is 2.27. The molecule has 0 spiro atoms. The Morgan fingerprint density at radius 2 is 2.15 bits per heavy atom. The maximum Gasteiger partial charge on any atom is 0.276 e. The second-order valence-electron chi connectivity index (χ2n) is 5.80. The number of hydrogen-bond acceptors (Lipinski definition) is 4. The normalized spacial score (nSPS) is 22.6. The standard InChI is InChI=1S/C15H22N2O3/c18-10-8-11-5-3-4-9-17(11)15(19)14-12-6-1-2-7-13(12)20-16-14/h11,18H,1-10H2. The number of likely N-dealkylation sites (tertiary alicyclic amines) is 1. The molecule has 1 aromatic rings. The Hall–Kier alpha value is -1.36. The molecule has 1 aromatic heterocycles. The summed E-state index contributed by atoms with van der Waals surface area (Å²) in [7, 11) is 0. The van der Waals surface area contributed by atoms with Gasteiger partial charge in [-0.1, -0.05) is 5.16 Å². The molecule has 5 nitrogen and oxygen atoms in total. The summed E-state index contributed by atoms with van der Waals surface area (Å²) < 4.78 is 5.35. The molecule has 110 valence electrons. The summed E-state index contributed by atoms with van der Waals surface area (Å²) in [5.74, 6) is 0.894. The van der Waals surface area contributed by atoms with Crippen LogP contribution >= 0.6 is 0 Å². The third kappa shape index (κ3) is 2.46. The van der Waals surface area contributed by atoms with Gasteiger partial charge in [0.1, 0.15) is 5.76 Å². The first-order chi connectivity index (χ1) is 9.81. The number of carbonyl (C=O) groups is 1. The van der Waals surface area contributed by atoms with Crippen molar-refractivity contribution in [2.45, 2.75) is 57.4 Å². The molecular formula is C15H22N2O3. The number of rotatable bonds is 3. The molecule has 20 heavy (non-hydrogen) atoms. The van der Waals surface area contributed by atoms with Crippen LogP contribution in [-0.2, 0) is 12.8 Å². The lowest BCUT2D eigenvalue weighted by Crippen LogP contribution is -2.44. The van der Waals surface area contributed by atoms with Gasteiger partial charge in [0.05, 0.1) is 0 Å². The summed E-state index contributed by atoms with van der Waals surface area (Å²) in [4.78, 5) is 14.6. The molecular weight excluding hydrogens is 256 g/mol. The van der Waals surface area contributed by atoms with E-state index >= 15 is 0 Å². The largest absolute Gasteiger partial charge is 0.396 e. The first-order valence-corrected chi connectivity index (χ1v) is 7.70. The number of fused-ring (bicyclic) bond motifs is 1. The van der Waals surface area contributed by atoms with Crippen LogP contribution in [0.25, 0.3) is 0 Å². The predicted octanol–water partition coefficient (Wildman–Crippen LogP) is 1.93. The van der Waals surface area contributed by atoms with E-state index < -0.39 is 0 Å². The Morgan fingerprint density at radius 1 is 1.30 bits per heavy atom. The third-order valence-corrected chi connectivity index (χ3v) is 4.50. The Morgan fingerprint density at radius 3 is 3.00 bits per heavy atom. The Balaban J connectivity index is 1.82. The zero-order chi connectivity index (χ0) is 13.9. The monoisotopic (exact) mass is 278 g/mol. The van der Waals surface area contributed by atoms with Crippen molar-refractivity contribution in [3.63, 3.8) is 0 Å². The maximum atomic E-state index is 12.7. The van der Waals surface area contributed by atoms with Gasteiger partial charge in [0.25, 0.3) is 5.91 Å². The minimum Gasteiger partial charge on any atom is -0.396 e. The maximum absolute atomic E-state index is 12.7. The zero-order valence-electron chi connectivity index (χ0n) is 11.8. The van der Waals surface area contributed by atoms with Gasteiger partial charge in [-0.05, 0) is 44.9 Å². The number of hydrogen-bond donors (Lipinski definition) is 1. The van der Waals surface area contributed by atoms with E-state index in [0.717, 1.165) is 62.8 Å². The van der Waals surface area contributed by atoms with Gasteiger partial charge >= 0.3 is 0 Å². The van der Waals surface area contributed by atoms with Crippen LogP contribution in [0.1, 0.15) is 60.3 Å². The van der Waals surface area contributed by atoms with Crippen molar-refractivity contribution in [2.75, 3.05) is 13.2 Å². The number of aliphatic hydroxyl groups is 1. The van der Waals surface area contributed by atoms with Gasteiger partial charge in [-0.25, -0.2) is 0 Å². The first kappa shape index (κ1) is 13.6. The fourth-order valence-electron chi connectivity index (χ4n) is 3.41. The first-order valence-electron chi connectivity index (χ1n) is 7.70. The molecule has 1 atom stereocenters. The van der Waals surface area contributed by atoms with Crippen molar-refractivity contribution in [2.24, 2.45) is 0 Å². The lowest BCUT2D eigenvalue weighted by molar-refractivity contribution is 0.0563. The highest BCUT2D eigenvalue weighted by molar-refractivity contribution is 5.94. The second-order valence-corrected chi connectivity index (χ2v) is 5.80. The van der Waals surface area contributed by atoms with Gasteiger partial charge < -0.3 is 14.5 Å². The molecule has 1 amide bonds. The summed E-state index contributed by atoms with van der Waals surface area (Å²) in [6.07, 6.45) is 7.83. The number of aliphatic hydroxyl groups excluding tert-OH is 1. The van der Waals surface area contributed by atoms with Gasteiger partial charge in [-0.2, -0.15) is 0 Å². The summed E-state index contributed by atoms with van der Waals surface area (Å²) in [6.45, 7) is 0.899. The predicted molar refractivity (Wildman–Crippen MR) is 73.5 cm³/mol. The fourth-order valence-corrected chi connectivity index (χ4v) is 3.41. The van der Waals surface area contributed by atoms with Crippen molar-refractivity contribution < 1.29 is 14.4 Å². The average molecular weight is 278 g/mol. The molecule has 1 aliphatic heterocycles. The van der Waals surface area contributed by atoms with Gasteiger partial charge in [0, 0.05) is 31.2 Å². The van der Waals surface area contributed by atoms with Crippen LogP contribution in [0.15, 0.2) is 4.52 Å². The molecule has 0 aromatic carbocycles. The van der Waals surface area contributed by atoms with Crippen LogP contribution in [0.2, 0.25) is 0 Å². The second kappa shape index (κ2) is 5.95. The number of amides is 1. The number of carbonyl (C=O) groups excluding carboxylic acids is 1. The van der Waals surface area contributed by atoms with E-state index in [1.54, 1.807) is 0 Å². The molecule has 1 fully saturated rings. The summed E-state index contributed by atoms with van der Waals surface area (Å²) in [5, 5.41) is 13.2. The van der Waals surface area contributed by atoms with Gasteiger partial charge in [0.2, 0.25) is 0 Å². The minimum absolute atomic E-state index is 0.00458. The number of piperidine rings is 1. The molecule has 0 bridgehead atoms.